The first-order valence-electron chi connectivity index (χ1n) is 6.57. The van der Waals surface area contributed by atoms with Crippen LogP contribution in [0.1, 0.15) is 33.6 Å². The molecule has 5 nitrogen and oxygen atoms in total. The Balaban J connectivity index is 2.80. The van der Waals surface area contributed by atoms with Crippen LogP contribution in [-0.2, 0) is 14.4 Å². The maximum atomic E-state index is 12.1. The SMILES string of the molecule is C=CC1CCN(OC(=O)/C(=C(\N)CC)C(C)C)C1=O. The molecule has 0 spiro atoms. The highest BCUT2D eigenvalue weighted by Gasteiger charge is 2.33. The molecule has 1 atom stereocenters. The molecular formula is C14H22N2O3. The van der Waals surface area contributed by atoms with Gasteiger partial charge >= 0.3 is 5.97 Å². The van der Waals surface area contributed by atoms with Crippen LogP contribution in [0, 0.1) is 11.8 Å². The lowest BCUT2D eigenvalue weighted by Crippen LogP contribution is -2.32. The van der Waals surface area contributed by atoms with Gasteiger partial charge in [0.25, 0.3) is 5.91 Å². The molecule has 1 heterocycles. The zero-order valence-corrected chi connectivity index (χ0v) is 11.8. The lowest BCUT2D eigenvalue weighted by atomic mass is 10.0. The Hall–Kier alpha value is -1.78. The van der Waals surface area contributed by atoms with E-state index in [4.69, 9.17) is 10.6 Å². The molecule has 0 saturated carbocycles. The summed E-state index contributed by atoms with van der Waals surface area (Å²) in [4.78, 5) is 29.1. The Morgan fingerprint density at radius 1 is 1.63 bits per heavy atom. The molecule has 2 N–H and O–H groups in total. The second-order valence-corrected chi connectivity index (χ2v) is 4.90. The first-order valence-corrected chi connectivity index (χ1v) is 6.57. The van der Waals surface area contributed by atoms with Gasteiger partial charge in [0.15, 0.2) is 0 Å². The van der Waals surface area contributed by atoms with E-state index in [2.05, 4.69) is 6.58 Å². The van der Waals surface area contributed by atoms with Crippen molar-refractivity contribution < 1.29 is 14.4 Å². The number of hydroxylamine groups is 2. The van der Waals surface area contributed by atoms with Gasteiger partial charge in [0.2, 0.25) is 0 Å². The molecular weight excluding hydrogens is 244 g/mol. The Bertz CT molecular complexity index is 413. The molecule has 1 amide bonds. The molecule has 1 saturated heterocycles. The van der Waals surface area contributed by atoms with E-state index in [1.165, 1.54) is 0 Å². The first kappa shape index (κ1) is 15.3. The Labute approximate surface area is 114 Å². The molecule has 1 rings (SSSR count). The van der Waals surface area contributed by atoms with Crippen molar-refractivity contribution in [3.8, 4) is 0 Å². The number of hydrogen-bond donors (Lipinski definition) is 1. The third kappa shape index (κ3) is 3.36. The molecule has 106 valence electrons. The van der Waals surface area contributed by atoms with E-state index in [0.29, 0.717) is 30.7 Å². The summed E-state index contributed by atoms with van der Waals surface area (Å²) in [6.45, 7) is 9.62. The van der Waals surface area contributed by atoms with Crippen molar-refractivity contribution in [2.75, 3.05) is 6.54 Å². The summed E-state index contributed by atoms with van der Waals surface area (Å²) in [5, 5.41) is 1.11. The van der Waals surface area contributed by atoms with Gasteiger partial charge in [0, 0.05) is 5.70 Å². The van der Waals surface area contributed by atoms with E-state index in [0.717, 1.165) is 5.06 Å². The van der Waals surface area contributed by atoms with Crippen molar-refractivity contribution in [2.45, 2.75) is 33.6 Å². The van der Waals surface area contributed by atoms with Gasteiger partial charge < -0.3 is 10.6 Å². The molecule has 1 aliphatic heterocycles. The minimum absolute atomic E-state index is 0.0413. The van der Waals surface area contributed by atoms with E-state index in [9.17, 15) is 9.59 Å². The van der Waals surface area contributed by atoms with Gasteiger partial charge in [-0.3, -0.25) is 4.79 Å². The highest BCUT2D eigenvalue weighted by molar-refractivity contribution is 5.91. The van der Waals surface area contributed by atoms with Crippen molar-refractivity contribution in [1.82, 2.24) is 5.06 Å². The van der Waals surface area contributed by atoms with Gasteiger partial charge in [-0.15, -0.1) is 6.58 Å². The third-order valence-corrected chi connectivity index (χ3v) is 3.21. The lowest BCUT2D eigenvalue weighted by Gasteiger charge is -2.19. The predicted molar refractivity (Wildman–Crippen MR) is 72.5 cm³/mol. The van der Waals surface area contributed by atoms with E-state index >= 15 is 0 Å². The van der Waals surface area contributed by atoms with Crippen LogP contribution in [0.25, 0.3) is 0 Å². The summed E-state index contributed by atoms with van der Waals surface area (Å²) < 4.78 is 0. The van der Waals surface area contributed by atoms with Gasteiger partial charge in [0.05, 0.1) is 18.0 Å². The molecule has 1 aliphatic rings. The van der Waals surface area contributed by atoms with Crippen LogP contribution < -0.4 is 5.73 Å². The molecule has 0 radical (unpaired) electrons. The summed E-state index contributed by atoms with van der Waals surface area (Å²) in [5.41, 5.74) is 6.79. The maximum absolute atomic E-state index is 12.1. The van der Waals surface area contributed by atoms with Crippen LogP contribution in [0.3, 0.4) is 0 Å². The van der Waals surface area contributed by atoms with Gasteiger partial charge in [-0.25, -0.2) is 4.79 Å². The number of carbonyl (C=O) groups excluding carboxylic acids is 2. The van der Waals surface area contributed by atoms with Gasteiger partial charge in [-0.2, -0.15) is 5.06 Å². The minimum atomic E-state index is -0.535. The van der Waals surface area contributed by atoms with Gasteiger partial charge in [0.1, 0.15) is 0 Å². The summed E-state index contributed by atoms with van der Waals surface area (Å²) in [6, 6.07) is 0. The molecule has 1 fully saturated rings. The Morgan fingerprint density at radius 3 is 2.68 bits per heavy atom. The summed E-state index contributed by atoms with van der Waals surface area (Å²) in [7, 11) is 0. The number of hydrogen-bond acceptors (Lipinski definition) is 4. The van der Waals surface area contributed by atoms with Crippen molar-refractivity contribution in [2.24, 2.45) is 17.6 Å². The second-order valence-electron chi connectivity index (χ2n) is 4.90. The molecule has 0 aromatic carbocycles. The van der Waals surface area contributed by atoms with Crippen LogP contribution in [0.15, 0.2) is 23.9 Å². The molecule has 19 heavy (non-hydrogen) atoms. The minimum Gasteiger partial charge on any atom is -0.402 e. The highest BCUT2D eigenvalue weighted by Crippen LogP contribution is 2.22. The zero-order chi connectivity index (χ0) is 14.6. The second kappa shape index (κ2) is 6.41. The first-order chi connectivity index (χ1) is 8.92. The zero-order valence-electron chi connectivity index (χ0n) is 11.8. The normalized spacial score (nSPS) is 20.5. The number of nitrogens with zero attached hydrogens (tertiary/aromatic N) is 1. The number of carbonyl (C=O) groups is 2. The monoisotopic (exact) mass is 266 g/mol. The van der Waals surface area contributed by atoms with E-state index in [-0.39, 0.29) is 17.7 Å². The average Bonchev–Trinajstić information content (AvgIpc) is 2.70. The molecule has 1 unspecified atom stereocenters. The topological polar surface area (TPSA) is 72.6 Å². The number of rotatable bonds is 5. The van der Waals surface area contributed by atoms with Crippen LogP contribution in [0.5, 0.6) is 0 Å². The fourth-order valence-corrected chi connectivity index (χ4v) is 2.06. The van der Waals surface area contributed by atoms with Crippen molar-refractivity contribution in [1.29, 1.82) is 0 Å². The fraction of sp³-hybridized carbons (Fsp3) is 0.571. The molecule has 0 aromatic heterocycles. The third-order valence-electron chi connectivity index (χ3n) is 3.21. The van der Waals surface area contributed by atoms with Gasteiger partial charge in [-0.05, 0) is 18.8 Å². The van der Waals surface area contributed by atoms with Crippen molar-refractivity contribution >= 4 is 11.9 Å². The quantitative estimate of drug-likeness (QED) is 0.608. The van der Waals surface area contributed by atoms with Crippen molar-refractivity contribution in [3.05, 3.63) is 23.9 Å². The Morgan fingerprint density at radius 2 is 2.26 bits per heavy atom. The molecule has 5 heteroatoms. The van der Waals surface area contributed by atoms with Gasteiger partial charge in [-0.1, -0.05) is 26.8 Å². The fourth-order valence-electron chi connectivity index (χ4n) is 2.06. The Kier molecular flexibility index (Phi) is 5.15. The average molecular weight is 266 g/mol. The van der Waals surface area contributed by atoms with E-state index in [1.54, 1.807) is 6.08 Å². The van der Waals surface area contributed by atoms with Crippen LogP contribution in [0.4, 0.5) is 0 Å². The predicted octanol–water partition coefficient (Wildman–Crippen LogP) is 1.76. The van der Waals surface area contributed by atoms with E-state index < -0.39 is 5.97 Å². The van der Waals surface area contributed by atoms with Crippen molar-refractivity contribution in [3.63, 3.8) is 0 Å². The largest absolute Gasteiger partial charge is 0.402 e. The standard InChI is InChI=1S/C14H22N2O3/c1-5-10-7-8-16(13(10)17)19-14(18)12(9(3)4)11(15)6-2/h5,9-10H,1,6-8,15H2,2-4H3/b12-11-. The molecule has 0 bridgehead atoms. The summed E-state index contributed by atoms with van der Waals surface area (Å²) in [6.07, 6.45) is 2.78. The van der Waals surface area contributed by atoms with Crippen LogP contribution in [-0.4, -0.2) is 23.5 Å². The molecule has 0 aromatic rings. The lowest BCUT2D eigenvalue weighted by molar-refractivity contribution is -0.190. The van der Waals surface area contributed by atoms with Crippen LogP contribution in [0.2, 0.25) is 0 Å². The molecule has 0 aliphatic carbocycles. The summed E-state index contributed by atoms with van der Waals surface area (Å²) >= 11 is 0. The number of amides is 1. The van der Waals surface area contributed by atoms with E-state index in [1.807, 2.05) is 20.8 Å². The smallest absolute Gasteiger partial charge is 0.361 e. The highest BCUT2D eigenvalue weighted by atomic mass is 16.7. The number of nitrogens with two attached hydrogens (primary N) is 1. The van der Waals surface area contributed by atoms with Crippen LogP contribution >= 0.6 is 0 Å². The number of allylic oxidation sites excluding steroid dienone is 1. The summed E-state index contributed by atoms with van der Waals surface area (Å²) in [5.74, 6) is -1.06. The maximum Gasteiger partial charge on any atom is 0.361 e.